The Bertz CT molecular complexity index is 1430. The second-order valence-electron chi connectivity index (χ2n) is 8.64. The molecule has 2 heterocycles. The van der Waals surface area contributed by atoms with E-state index >= 15 is 0 Å². The Labute approximate surface area is 228 Å². The van der Waals surface area contributed by atoms with Crippen molar-refractivity contribution in [1.82, 2.24) is 15.2 Å². The molecule has 2 aromatic carbocycles. The van der Waals surface area contributed by atoms with Gasteiger partial charge in [0.2, 0.25) is 11.1 Å². The number of ether oxygens (including phenoxy) is 2. The highest BCUT2D eigenvalue weighted by atomic mass is 32.2. The number of carbonyl (C=O) groups excluding carboxylic acids is 2. The summed E-state index contributed by atoms with van der Waals surface area (Å²) in [5, 5.41) is 14.1. The average molecular weight is 550 g/mol. The van der Waals surface area contributed by atoms with E-state index < -0.39 is 0 Å². The zero-order chi connectivity index (χ0) is 26.5. The van der Waals surface area contributed by atoms with Crippen LogP contribution in [0.2, 0.25) is 0 Å². The van der Waals surface area contributed by atoms with E-state index in [9.17, 15) is 9.59 Å². The van der Waals surface area contributed by atoms with E-state index in [1.54, 1.807) is 20.3 Å². The van der Waals surface area contributed by atoms with Crippen molar-refractivity contribution in [1.29, 1.82) is 0 Å². The van der Waals surface area contributed by atoms with Crippen LogP contribution in [0.5, 0.6) is 11.5 Å². The number of H-pyrrole nitrogens is 1. The summed E-state index contributed by atoms with van der Waals surface area (Å²) < 4.78 is 10.6. The lowest BCUT2D eigenvalue weighted by Gasteiger charge is -2.13. The summed E-state index contributed by atoms with van der Waals surface area (Å²) in [6, 6.07) is 14.8. The molecular formula is C27H27N5O4S2. The van der Waals surface area contributed by atoms with Crippen LogP contribution in [-0.4, -0.2) is 47.0 Å². The molecule has 3 N–H and O–H groups in total. The third kappa shape index (κ3) is 5.84. The molecular weight excluding hydrogens is 522 g/mol. The van der Waals surface area contributed by atoms with Crippen LogP contribution in [0.25, 0.3) is 11.4 Å². The number of hydrogen-bond donors (Lipinski definition) is 3. The number of aromatic amines is 1. The SMILES string of the molecule is COc1cc(OC)cc(-c2nc(SCC(=O)Nc3sc4c(c3C(=O)Nc3ccccc3)CCCC4)n[nH]2)c1. The summed E-state index contributed by atoms with van der Waals surface area (Å²) in [6.45, 7) is 0. The predicted octanol–water partition coefficient (Wildman–Crippen LogP) is 5.41. The van der Waals surface area contributed by atoms with Crippen LogP contribution in [0.1, 0.15) is 33.6 Å². The Kier molecular flexibility index (Phi) is 7.94. The lowest BCUT2D eigenvalue weighted by Crippen LogP contribution is -2.19. The second kappa shape index (κ2) is 11.7. The molecule has 0 saturated carbocycles. The predicted molar refractivity (Wildman–Crippen MR) is 150 cm³/mol. The van der Waals surface area contributed by atoms with E-state index in [4.69, 9.17) is 9.47 Å². The molecule has 0 spiro atoms. The van der Waals surface area contributed by atoms with Gasteiger partial charge in [0, 0.05) is 22.2 Å². The Morgan fingerprint density at radius 3 is 2.50 bits per heavy atom. The molecule has 0 bridgehead atoms. The number of benzene rings is 2. The largest absolute Gasteiger partial charge is 0.497 e. The Morgan fingerprint density at radius 1 is 1.03 bits per heavy atom. The Balaban J connectivity index is 1.27. The first-order chi connectivity index (χ1) is 18.5. The van der Waals surface area contributed by atoms with Gasteiger partial charge >= 0.3 is 0 Å². The van der Waals surface area contributed by atoms with Crippen molar-refractivity contribution in [2.75, 3.05) is 30.6 Å². The molecule has 0 atom stereocenters. The van der Waals surface area contributed by atoms with Gasteiger partial charge in [0.05, 0.1) is 25.5 Å². The highest BCUT2D eigenvalue weighted by molar-refractivity contribution is 7.99. The smallest absolute Gasteiger partial charge is 0.258 e. The molecule has 1 aliphatic carbocycles. The lowest BCUT2D eigenvalue weighted by molar-refractivity contribution is -0.113. The number of hydrogen-bond acceptors (Lipinski definition) is 8. The van der Waals surface area contributed by atoms with Crippen LogP contribution >= 0.6 is 23.1 Å². The quantitative estimate of drug-likeness (QED) is 0.239. The van der Waals surface area contributed by atoms with Crippen LogP contribution < -0.4 is 20.1 Å². The van der Waals surface area contributed by atoms with Gasteiger partial charge in [-0.25, -0.2) is 4.98 Å². The molecule has 0 radical (unpaired) electrons. The molecule has 0 aliphatic heterocycles. The van der Waals surface area contributed by atoms with Crippen molar-refractivity contribution in [3.8, 4) is 22.9 Å². The minimum Gasteiger partial charge on any atom is -0.497 e. The average Bonchev–Trinajstić information content (AvgIpc) is 3.56. The number of anilines is 2. The fraction of sp³-hybridized carbons (Fsp3) is 0.259. The third-order valence-corrected chi connectivity index (χ3v) is 8.16. The minimum absolute atomic E-state index is 0.0983. The van der Waals surface area contributed by atoms with Gasteiger partial charge in [0.25, 0.3) is 5.91 Å². The number of thioether (sulfide) groups is 1. The maximum absolute atomic E-state index is 13.3. The third-order valence-electron chi connectivity index (χ3n) is 6.11. The monoisotopic (exact) mass is 549 g/mol. The number of carbonyl (C=O) groups is 2. The molecule has 1 aliphatic rings. The number of thiophene rings is 1. The van der Waals surface area contributed by atoms with Gasteiger partial charge in [0.15, 0.2) is 5.82 Å². The topological polar surface area (TPSA) is 118 Å². The van der Waals surface area contributed by atoms with Crippen molar-refractivity contribution in [3.05, 3.63) is 64.5 Å². The molecule has 11 heteroatoms. The molecule has 4 aromatic rings. The Hall–Kier alpha value is -3.83. The minimum atomic E-state index is -0.225. The molecule has 0 unspecified atom stereocenters. The van der Waals surface area contributed by atoms with Gasteiger partial charge in [-0.2, -0.15) is 0 Å². The summed E-state index contributed by atoms with van der Waals surface area (Å²) in [4.78, 5) is 31.8. The highest BCUT2D eigenvalue weighted by Crippen LogP contribution is 2.39. The summed E-state index contributed by atoms with van der Waals surface area (Å²) in [7, 11) is 3.17. The van der Waals surface area contributed by atoms with E-state index in [0.717, 1.165) is 42.5 Å². The van der Waals surface area contributed by atoms with Gasteiger partial charge in [-0.15, -0.1) is 16.4 Å². The number of methoxy groups -OCH3 is 2. The van der Waals surface area contributed by atoms with Gasteiger partial charge in [-0.1, -0.05) is 30.0 Å². The molecule has 5 rings (SSSR count). The number of aryl methyl sites for hydroxylation is 1. The van der Waals surface area contributed by atoms with Crippen molar-refractivity contribution in [3.63, 3.8) is 0 Å². The number of aromatic nitrogens is 3. The first kappa shape index (κ1) is 25.8. The Morgan fingerprint density at radius 2 is 1.76 bits per heavy atom. The molecule has 2 amide bonds. The maximum atomic E-state index is 13.3. The molecule has 38 heavy (non-hydrogen) atoms. The second-order valence-corrected chi connectivity index (χ2v) is 10.7. The lowest BCUT2D eigenvalue weighted by atomic mass is 9.95. The van der Waals surface area contributed by atoms with E-state index in [1.165, 1.54) is 28.0 Å². The van der Waals surface area contributed by atoms with E-state index in [-0.39, 0.29) is 17.6 Å². The number of amides is 2. The number of nitrogens with zero attached hydrogens (tertiary/aromatic N) is 2. The summed E-state index contributed by atoms with van der Waals surface area (Å²) >= 11 is 2.71. The van der Waals surface area contributed by atoms with Crippen LogP contribution in [-0.2, 0) is 17.6 Å². The first-order valence-electron chi connectivity index (χ1n) is 12.1. The number of fused-ring (bicyclic) bond motifs is 1. The van der Waals surface area contributed by atoms with Crippen LogP contribution in [0.4, 0.5) is 10.7 Å². The molecule has 0 fully saturated rings. The van der Waals surface area contributed by atoms with Crippen molar-refractivity contribution >= 4 is 45.6 Å². The number of para-hydroxylation sites is 1. The summed E-state index contributed by atoms with van der Waals surface area (Å²) in [6.07, 6.45) is 3.88. The van der Waals surface area contributed by atoms with Crippen LogP contribution in [0.3, 0.4) is 0 Å². The maximum Gasteiger partial charge on any atom is 0.258 e. The molecule has 196 valence electrons. The van der Waals surface area contributed by atoms with Crippen molar-refractivity contribution in [2.45, 2.75) is 30.8 Å². The highest BCUT2D eigenvalue weighted by Gasteiger charge is 2.26. The van der Waals surface area contributed by atoms with Gasteiger partial charge in [-0.05, 0) is 55.5 Å². The van der Waals surface area contributed by atoms with Crippen LogP contribution in [0, 0.1) is 0 Å². The summed E-state index contributed by atoms with van der Waals surface area (Å²) in [5.41, 5.74) is 3.09. The van der Waals surface area contributed by atoms with Crippen molar-refractivity contribution in [2.24, 2.45) is 0 Å². The molecule has 9 nitrogen and oxygen atoms in total. The van der Waals surface area contributed by atoms with Crippen LogP contribution in [0.15, 0.2) is 53.7 Å². The zero-order valence-electron chi connectivity index (χ0n) is 21.0. The molecule has 2 aromatic heterocycles. The summed E-state index contributed by atoms with van der Waals surface area (Å²) in [5.74, 6) is 1.48. The van der Waals surface area contributed by atoms with Gasteiger partial charge in [0.1, 0.15) is 16.5 Å². The number of nitrogens with one attached hydrogen (secondary N) is 3. The number of rotatable bonds is 9. The molecule has 0 saturated heterocycles. The van der Waals surface area contributed by atoms with E-state index in [1.807, 2.05) is 42.5 Å². The van der Waals surface area contributed by atoms with Gasteiger partial charge < -0.3 is 20.1 Å². The van der Waals surface area contributed by atoms with E-state index in [2.05, 4.69) is 25.8 Å². The van der Waals surface area contributed by atoms with Crippen molar-refractivity contribution < 1.29 is 19.1 Å². The van der Waals surface area contributed by atoms with E-state index in [0.29, 0.717) is 33.0 Å². The fourth-order valence-corrected chi connectivity index (χ4v) is 6.19. The standard InChI is InChI=1S/C27H27N5O4S2/c1-35-18-12-16(13-19(14-18)36-2)24-30-27(32-31-24)37-15-22(33)29-26-23(20-10-6-7-11-21(20)38-26)25(34)28-17-8-4-3-5-9-17/h3-5,8-9,12-14H,6-7,10-11,15H2,1-2H3,(H,28,34)(H,29,33)(H,30,31,32). The normalized spacial score (nSPS) is 12.5. The first-order valence-corrected chi connectivity index (χ1v) is 13.9. The fourth-order valence-electron chi connectivity index (χ4n) is 4.29. The zero-order valence-corrected chi connectivity index (χ0v) is 22.6. The van der Waals surface area contributed by atoms with Gasteiger partial charge in [-0.3, -0.25) is 14.7 Å².